The number of aliphatic hydroxyl groups excluding tert-OH is 1. The predicted octanol–water partition coefficient (Wildman–Crippen LogP) is 4.11. The number of piperidine rings is 1. The Morgan fingerprint density at radius 2 is 1.89 bits per heavy atom. The number of aryl methyl sites for hydroxylation is 2. The van der Waals surface area contributed by atoms with E-state index in [0.29, 0.717) is 0 Å². The molecule has 2 heterocycles. The van der Waals surface area contributed by atoms with Gasteiger partial charge in [-0.25, -0.2) is 4.68 Å². The Bertz CT molecular complexity index is 914. The molecule has 4 heteroatoms. The van der Waals surface area contributed by atoms with E-state index in [4.69, 9.17) is 5.10 Å². The van der Waals surface area contributed by atoms with Gasteiger partial charge in [0.05, 0.1) is 17.5 Å². The van der Waals surface area contributed by atoms with E-state index in [2.05, 4.69) is 73.5 Å². The molecule has 0 radical (unpaired) electrons. The van der Waals surface area contributed by atoms with Crippen LogP contribution in [-0.4, -0.2) is 39.0 Å². The molecule has 1 N–H and O–H groups in total. The molecule has 140 valence electrons. The van der Waals surface area contributed by atoms with Crippen molar-refractivity contribution >= 4 is 0 Å². The van der Waals surface area contributed by atoms with Gasteiger partial charge in [0.25, 0.3) is 0 Å². The third-order valence-electron chi connectivity index (χ3n) is 5.25. The van der Waals surface area contributed by atoms with E-state index in [1.807, 2.05) is 4.68 Å². The van der Waals surface area contributed by atoms with Crippen molar-refractivity contribution < 1.29 is 5.11 Å². The van der Waals surface area contributed by atoms with Gasteiger partial charge in [0.1, 0.15) is 0 Å². The van der Waals surface area contributed by atoms with Gasteiger partial charge in [0.15, 0.2) is 0 Å². The lowest BCUT2D eigenvalue weighted by atomic mass is 10.0. The topological polar surface area (TPSA) is 41.3 Å². The van der Waals surface area contributed by atoms with Crippen molar-refractivity contribution in [1.29, 1.82) is 0 Å². The summed E-state index contributed by atoms with van der Waals surface area (Å²) in [4.78, 5) is 2.34. The number of hydrogen-bond acceptors (Lipinski definition) is 3. The quantitative estimate of drug-likeness (QED) is 0.760. The van der Waals surface area contributed by atoms with Crippen LogP contribution in [0.5, 0.6) is 0 Å². The summed E-state index contributed by atoms with van der Waals surface area (Å²) in [5.41, 5.74) is 6.92. The van der Waals surface area contributed by atoms with Crippen molar-refractivity contribution in [3.63, 3.8) is 0 Å². The van der Waals surface area contributed by atoms with Crippen molar-refractivity contribution in [2.45, 2.75) is 39.3 Å². The molecule has 1 atom stereocenters. The van der Waals surface area contributed by atoms with Crippen LogP contribution < -0.4 is 0 Å². The summed E-state index contributed by atoms with van der Waals surface area (Å²) in [6, 6.07) is 17.0. The van der Waals surface area contributed by atoms with Crippen LogP contribution >= 0.6 is 0 Å². The molecule has 27 heavy (non-hydrogen) atoms. The predicted molar refractivity (Wildman–Crippen MR) is 109 cm³/mol. The lowest BCUT2D eigenvalue weighted by Crippen LogP contribution is -2.37. The first-order valence-electron chi connectivity index (χ1n) is 9.71. The minimum atomic E-state index is -0.215. The third-order valence-corrected chi connectivity index (χ3v) is 5.25. The number of aromatic nitrogens is 2. The standard InChI is InChI=1S/C23H27N3O/c1-17-8-10-21(11-9-17)26-15-20(14-25-12-4-7-22(27)16-25)23(24-26)19-6-3-5-18(2)13-19/h3,5-6,8-11,13,15,22,27H,4,7,12,14,16H2,1-2H3/t22-/m0/s1. The summed E-state index contributed by atoms with van der Waals surface area (Å²) >= 11 is 0. The van der Waals surface area contributed by atoms with Gasteiger partial charge in [-0.15, -0.1) is 0 Å². The van der Waals surface area contributed by atoms with E-state index >= 15 is 0 Å². The summed E-state index contributed by atoms with van der Waals surface area (Å²) < 4.78 is 1.98. The Kier molecular flexibility index (Phi) is 5.10. The second-order valence-corrected chi connectivity index (χ2v) is 7.68. The fourth-order valence-corrected chi connectivity index (χ4v) is 3.81. The largest absolute Gasteiger partial charge is 0.392 e. The molecular formula is C23H27N3O. The number of hydrogen-bond donors (Lipinski definition) is 1. The number of likely N-dealkylation sites (tertiary alicyclic amines) is 1. The zero-order valence-corrected chi connectivity index (χ0v) is 16.1. The normalized spacial score (nSPS) is 18.0. The van der Waals surface area contributed by atoms with Crippen molar-refractivity contribution in [3.05, 3.63) is 71.4 Å². The number of rotatable bonds is 4. The first-order valence-corrected chi connectivity index (χ1v) is 9.71. The second kappa shape index (κ2) is 7.67. The number of aliphatic hydroxyl groups is 1. The van der Waals surface area contributed by atoms with E-state index in [9.17, 15) is 5.11 Å². The average Bonchev–Trinajstić information content (AvgIpc) is 3.06. The molecule has 2 aromatic carbocycles. The Morgan fingerprint density at radius 1 is 1.07 bits per heavy atom. The summed E-state index contributed by atoms with van der Waals surface area (Å²) in [6.45, 7) is 6.79. The molecule has 1 saturated heterocycles. The number of nitrogens with zero attached hydrogens (tertiary/aromatic N) is 3. The van der Waals surface area contributed by atoms with Gasteiger partial charge in [0, 0.05) is 30.4 Å². The molecule has 1 fully saturated rings. The zero-order chi connectivity index (χ0) is 18.8. The molecule has 0 amide bonds. The maximum Gasteiger partial charge on any atom is 0.0972 e. The van der Waals surface area contributed by atoms with E-state index in [1.54, 1.807) is 0 Å². The first kappa shape index (κ1) is 18.0. The van der Waals surface area contributed by atoms with Crippen molar-refractivity contribution in [2.24, 2.45) is 0 Å². The maximum absolute atomic E-state index is 10.0. The number of β-amino-alcohol motifs (C(OH)–C–C–N with tert-alkyl or cyclic N) is 1. The molecule has 0 bridgehead atoms. The molecule has 1 aliphatic heterocycles. The van der Waals surface area contributed by atoms with Gasteiger partial charge in [-0.3, -0.25) is 4.90 Å². The first-order chi connectivity index (χ1) is 13.1. The lowest BCUT2D eigenvalue weighted by Gasteiger charge is -2.29. The van der Waals surface area contributed by atoms with Gasteiger partial charge in [-0.1, -0.05) is 41.5 Å². The van der Waals surface area contributed by atoms with Crippen LogP contribution in [0.25, 0.3) is 16.9 Å². The molecule has 0 saturated carbocycles. The van der Waals surface area contributed by atoms with E-state index in [0.717, 1.165) is 49.4 Å². The minimum absolute atomic E-state index is 0.215. The number of benzene rings is 2. The van der Waals surface area contributed by atoms with Gasteiger partial charge in [0.2, 0.25) is 0 Å². The van der Waals surface area contributed by atoms with Gasteiger partial charge in [-0.05, 0) is 51.4 Å². The van der Waals surface area contributed by atoms with Crippen LogP contribution in [0.1, 0.15) is 29.5 Å². The molecule has 4 nitrogen and oxygen atoms in total. The molecule has 1 aromatic heterocycles. The smallest absolute Gasteiger partial charge is 0.0972 e. The summed E-state index contributed by atoms with van der Waals surface area (Å²) in [5, 5.41) is 15.0. The summed E-state index contributed by atoms with van der Waals surface area (Å²) in [7, 11) is 0. The summed E-state index contributed by atoms with van der Waals surface area (Å²) in [6.07, 6.45) is 3.88. The van der Waals surface area contributed by atoms with Gasteiger partial charge < -0.3 is 5.11 Å². The Balaban J connectivity index is 1.71. The molecule has 0 aliphatic carbocycles. The van der Waals surface area contributed by atoms with Crippen molar-refractivity contribution in [2.75, 3.05) is 13.1 Å². The SMILES string of the molecule is Cc1ccc(-n2cc(CN3CCC[C@H](O)C3)c(-c3cccc(C)c3)n2)cc1. The highest BCUT2D eigenvalue weighted by molar-refractivity contribution is 5.64. The molecule has 0 unspecified atom stereocenters. The average molecular weight is 361 g/mol. The lowest BCUT2D eigenvalue weighted by molar-refractivity contribution is 0.0669. The van der Waals surface area contributed by atoms with Crippen LogP contribution in [0.4, 0.5) is 0 Å². The highest BCUT2D eigenvalue weighted by Crippen LogP contribution is 2.27. The van der Waals surface area contributed by atoms with Crippen molar-refractivity contribution in [1.82, 2.24) is 14.7 Å². The highest BCUT2D eigenvalue weighted by atomic mass is 16.3. The molecular weight excluding hydrogens is 334 g/mol. The highest BCUT2D eigenvalue weighted by Gasteiger charge is 2.21. The monoisotopic (exact) mass is 361 g/mol. The van der Waals surface area contributed by atoms with E-state index < -0.39 is 0 Å². The minimum Gasteiger partial charge on any atom is -0.392 e. The van der Waals surface area contributed by atoms with Crippen molar-refractivity contribution in [3.8, 4) is 16.9 Å². The Hall–Kier alpha value is -2.43. The zero-order valence-electron chi connectivity index (χ0n) is 16.1. The van der Waals surface area contributed by atoms with E-state index in [1.165, 1.54) is 16.7 Å². The Labute approximate surface area is 161 Å². The van der Waals surface area contributed by atoms with E-state index in [-0.39, 0.29) is 6.10 Å². The van der Waals surface area contributed by atoms with Gasteiger partial charge in [-0.2, -0.15) is 5.10 Å². The second-order valence-electron chi connectivity index (χ2n) is 7.68. The van der Waals surface area contributed by atoms with Crippen LogP contribution in [0.3, 0.4) is 0 Å². The van der Waals surface area contributed by atoms with Crippen LogP contribution in [-0.2, 0) is 6.54 Å². The maximum atomic E-state index is 10.0. The van der Waals surface area contributed by atoms with Gasteiger partial charge >= 0.3 is 0 Å². The Morgan fingerprint density at radius 3 is 2.63 bits per heavy atom. The van der Waals surface area contributed by atoms with Crippen LogP contribution in [0.15, 0.2) is 54.7 Å². The molecule has 0 spiro atoms. The van der Waals surface area contributed by atoms with Crippen LogP contribution in [0, 0.1) is 13.8 Å². The molecule has 3 aromatic rings. The fraction of sp³-hybridized carbons (Fsp3) is 0.348. The third kappa shape index (κ3) is 4.12. The fourth-order valence-electron chi connectivity index (χ4n) is 3.81. The molecule has 1 aliphatic rings. The van der Waals surface area contributed by atoms with Crippen LogP contribution in [0.2, 0.25) is 0 Å². The molecule has 4 rings (SSSR count). The summed E-state index contributed by atoms with van der Waals surface area (Å²) in [5.74, 6) is 0.